The van der Waals surface area contributed by atoms with Crippen LogP contribution in [-0.2, 0) is 4.74 Å². The lowest BCUT2D eigenvalue weighted by molar-refractivity contribution is 0.0383. The molecule has 1 aromatic carbocycles. The van der Waals surface area contributed by atoms with Gasteiger partial charge in [-0.2, -0.15) is 0 Å². The Morgan fingerprint density at radius 1 is 1.32 bits per heavy atom. The lowest BCUT2D eigenvalue weighted by atomic mass is 10.2. The van der Waals surface area contributed by atoms with Gasteiger partial charge in [0.1, 0.15) is 0 Å². The molecule has 2 rings (SSSR count). The molecule has 19 heavy (non-hydrogen) atoms. The molecule has 0 saturated carbocycles. The molecular formula is C13H16Cl2N2O2. The molecule has 0 aromatic heterocycles. The Hall–Kier alpha value is -0.810. The lowest BCUT2D eigenvalue weighted by Crippen LogP contribution is -2.41. The highest BCUT2D eigenvalue weighted by molar-refractivity contribution is 6.43. The first-order valence-corrected chi connectivity index (χ1v) is 6.96. The lowest BCUT2D eigenvalue weighted by Gasteiger charge is -2.26. The van der Waals surface area contributed by atoms with Crippen LogP contribution < -0.4 is 5.32 Å². The van der Waals surface area contributed by atoms with Crippen molar-refractivity contribution in [3.63, 3.8) is 0 Å². The van der Waals surface area contributed by atoms with Crippen LogP contribution in [0.2, 0.25) is 10.0 Å². The molecule has 0 atom stereocenters. The Kier molecular flexibility index (Phi) is 5.45. The molecule has 1 fully saturated rings. The van der Waals surface area contributed by atoms with E-state index >= 15 is 0 Å². The quantitative estimate of drug-likeness (QED) is 0.925. The molecule has 1 amide bonds. The summed E-state index contributed by atoms with van der Waals surface area (Å²) in [6.45, 7) is 4.73. The van der Waals surface area contributed by atoms with E-state index in [-0.39, 0.29) is 5.91 Å². The summed E-state index contributed by atoms with van der Waals surface area (Å²) in [6.07, 6.45) is 0. The predicted molar refractivity (Wildman–Crippen MR) is 76.1 cm³/mol. The van der Waals surface area contributed by atoms with Gasteiger partial charge in [0.25, 0.3) is 5.91 Å². The van der Waals surface area contributed by atoms with E-state index in [1.165, 1.54) is 0 Å². The normalized spacial score (nSPS) is 16.3. The molecule has 0 spiro atoms. The Morgan fingerprint density at radius 2 is 2.05 bits per heavy atom. The Bertz CT molecular complexity index is 448. The second-order valence-corrected chi connectivity index (χ2v) is 5.10. The average molecular weight is 303 g/mol. The van der Waals surface area contributed by atoms with Gasteiger partial charge >= 0.3 is 0 Å². The molecule has 1 aliphatic heterocycles. The van der Waals surface area contributed by atoms with Crippen molar-refractivity contribution in [2.75, 3.05) is 39.4 Å². The standard InChI is InChI=1S/C13H16Cl2N2O2/c14-11-3-1-2-10(12(11)15)13(18)16-4-5-17-6-8-19-9-7-17/h1-3H,4-9H2,(H,16,18). The molecule has 0 bridgehead atoms. The molecule has 104 valence electrons. The Balaban J connectivity index is 1.82. The van der Waals surface area contributed by atoms with Crippen molar-refractivity contribution in [2.24, 2.45) is 0 Å². The summed E-state index contributed by atoms with van der Waals surface area (Å²) in [5.74, 6) is -0.194. The van der Waals surface area contributed by atoms with Crippen molar-refractivity contribution < 1.29 is 9.53 Å². The molecule has 4 nitrogen and oxygen atoms in total. The summed E-state index contributed by atoms with van der Waals surface area (Å²) in [7, 11) is 0. The second kappa shape index (κ2) is 7.10. The molecule has 0 unspecified atom stereocenters. The van der Waals surface area contributed by atoms with Crippen molar-refractivity contribution in [3.8, 4) is 0 Å². The number of carbonyl (C=O) groups excluding carboxylic acids is 1. The third kappa shape index (κ3) is 4.08. The van der Waals surface area contributed by atoms with Crippen molar-refractivity contribution in [2.45, 2.75) is 0 Å². The first-order chi connectivity index (χ1) is 9.18. The van der Waals surface area contributed by atoms with E-state index in [0.717, 1.165) is 32.8 Å². The minimum atomic E-state index is -0.194. The molecule has 1 saturated heterocycles. The van der Waals surface area contributed by atoms with Gasteiger partial charge in [-0.15, -0.1) is 0 Å². The minimum Gasteiger partial charge on any atom is -0.379 e. The molecule has 6 heteroatoms. The molecule has 1 heterocycles. The largest absolute Gasteiger partial charge is 0.379 e. The van der Waals surface area contributed by atoms with Gasteiger partial charge in [0.05, 0.1) is 28.8 Å². The number of benzene rings is 1. The molecule has 1 aromatic rings. The highest BCUT2D eigenvalue weighted by Gasteiger charge is 2.13. The van der Waals surface area contributed by atoms with E-state index < -0.39 is 0 Å². The Morgan fingerprint density at radius 3 is 2.79 bits per heavy atom. The third-order valence-electron chi connectivity index (χ3n) is 3.01. The van der Waals surface area contributed by atoms with Crippen LogP contribution in [0.4, 0.5) is 0 Å². The zero-order valence-electron chi connectivity index (χ0n) is 10.5. The third-order valence-corrected chi connectivity index (χ3v) is 3.83. The zero-order valence-corrected chi connectivity index (χ0v) is 12.0. The highest BCUT2D eigenvalue weighted by Crippen LogP contribution is 2.25. The second-order valence-electron chi connectivity index (χ2n) is 4.31. The fourth-order valence-corrected chi connectivity index (χ4v) is 2.31. The summed E-state index contributed by atoms with van der Waals surface area (Å²) in [5.41, 5.74) is 0.413. The van der Waals surface area contributed by atoms with Crippen molar-refractivity contribution in [3.05, 3.63) is 33.8 Å². The first kappa shape index (κ1) is 14.6. The molecule has 1 N–H and O–H groups in total. The number of morpholine rings is 1. The maximum Gasteiger partial charge on any atom is 0.252 e. The zero-order chi connectivity index (χ0) is 13.7. The van der Waals surface area contributed by atoms with Gasteiger partial charge in [0, 0.05) is 26.2 Å². The van der Waals surface area contributed by atoms with Gasteiger partial charge in [0.2, 0.25) is 0 Å². The summed E-state index contributed by atoms with van der Waals surface area (Å²) in [4.78, 5) is 14.2. The summed E-state index contributed by atoms with van der Waals surface area (Å²) >= 11 is 11.9. The maximum atomic E-state index is 12.0. The predicted octanol–water partition coefficient (Wildman–Crippen LogP) is 2.06. The fourth-order valence-electron chi connectivity index (χ4n) is 1.93. The van der Waals surface area contributed by atoms with Gasteiger partial charge < -0.3 is 10.1 Å². The van der Waals surface area contributed by atoms with E-state index in [1.54, 1.807) is 18.2 Å². The number of hydrogen-bond acceptors (Lipinski definition) is 3. The molecule has 0 radical (unpaired) electrons. The number of halogens is 2. The van der Waals surface area contributed by atoms with E-state index in [2.05, 4.69) is 10.2 Å². The summed E-state index contributed by atoms with van der Waals surface area (Å²) in [6, 6.07) is 5.04. The van der Waals surface area contributed by atoms with Crippen LogP contribution in [0.1, 0.15) is 10.4 Å². The number of ether oxygens (including phenoxy) is 1. The maximum absolute atomic E-state index is 12.0. The van der Waals surface area contributed by atoms with Crippen LogP contribution >= 0.6 is 23.2 Å². The van der Waals surface area contributed by atoms with Crippen molar-refractivity contribution >= 4 is 29.1 Å². The number of nitrogens with zero attached hydrogens (tertiary/aromatic N) is 1. The highest BCUT2D eigenvalue weighted by atomic mass is 35.5. The van der Waals surface area contributed by atoms with E-state index in [4.69, 9.17) is 27.9 Å². The summed E-state index contributed by atoms with van der Waals surface area (Å²) < 4.78 is 5.26. The van der Waals surface area contributed by atoms with Crippen LogP contribution in [0, 0.1) is 0 Å². The number of rotatable bonds is 4. The minimum absolute atomic E-state index is 0.194. The van der Waals surface area contributed by atoms with Gasteiger partial charge in [-0.05, 0) is 12.1 Å². The van der Waals surface area contributed by atoms with Gasteiger partial charge in [0.15, 0.2) is 0 Å². The number of hydrogen-bond donors (Lipinski definition) is 1. The van der Waals surface area contributed by atoms with Crippen molar-refractivity contribution in [1.29, 1.82) is 0 Å². The molecule has 1 aliphatic rings. The van der Waals surface area contributed by atoms with Crippen LogP contribution in [0.15, 0.2) is 18.2 Å². The van der Waals surface area contributed by atoms with E-state index in [9.17, 15) is 4.79 Å². The Labute approximate surface area is 122 Å². The van der Waals surface area contributed by atoms with E-state index in [0.29, 0.717) is 22.2 Å². The van der Waals surface area contributed by atoms with Gasteiger partial charge in [-0.25, -0.2) is 0 Å². The number of carbonyl (C=O) groups is 1. The van der Waals surface area contributed by atoms with Crippen molar-refractivity contribution in [1.82, 2.24) is 10.2 Å². The van der Waals surface area contributed by atoms with Gasteiger partial charge in [-0.3, -0.25) is 9.69 Å². The van der Waals surface area contributed by atoms with Crippen LogP contribution in [0.3, 0.4) is 0 Å². The van der Waals surface area contributed by atoms with Gasteiger partial charge in [-0.1, -0.05) is 29.3 Å². The number of amides is 1. The van der Waals surface area contributed by atoms with Crippen LogP contribution in [0.25, 0.3) is 0 Å². The molecular weight excluding hydrogens is 287 g/mol. The fraction of sp³-hybridized carbons (Fsp3) is 0.462. The summed E-state index contributed by atoms with van der Waals surface area (Å²) in [5, 5.41) is 3.54. The monoisotopic (exact) mass is 302 g/mol. The first-order valence-electron chi connectivity index (χ1n) is 6.21. The molecule has 0 aliphatic carbocycles. The SMILES string of the molecule is O=C(NCCN1CCOCC1)c1cccc(Cl)c1Cl. The van der Waals surface area contributed by atoms with E-state index in [1.807, 2.05) is 0 Å². The number of nitrogens with one attached hydrogen (secondary N) is 1. The smallest absolute Gasteiger partial charge is 0.252 e. The van der Waals surface area contributed by atoms with Crippen LogP contribution in [0.5, 0.6) is 0 Å². The average Bonchev–Trinajstić information content (AvgIpc) is 2.43. The van der Waals surface area contributed by atoms with Crippen LogP contribution in [-0.4, -0.2) is 50.2 Å². The topological polar surface area (TPSA) is 41.6 Å².